The third-order valence-corrected chi connectivity index (χ3v) is 4.46. The second kappa shape index (κ2) is 6.28. The number of amides is 1. The van der Waals surface area contributed by atoms with E-state index in [1.54, 1.807) is 17.0 Å². The van der Waals surface area contributed by atoms with Crippen molar-refractivity contribution in [2.24, 2.45) is 0 Å². The van der Waals surface area contributed by atoms with Gasteiger partial charge in [0.05, 0.1) is 5.92 Å². The lowest BCUT2D eigenvalue weighted by atomic mass is 9.94. The van der Waals surface area contributed by atoms with E-state index >= 15 is 0 Å². The number of carbonyl (C=O) groups excluding carboxylic acids is 1. The second-order valence-electron chi connectivity index (χ2n) is 7.42. The Hall–Kier alpha value is -1.75. The molecule has 0 unspecified atom stereocenters. The van der Waals surface area contributed by atoms with E-state index in [9.17, 15) is 4.79 Å². The molecule has 24 heavy (non-hydrogen) atoms. The summed E-state index contributed by atoms with van der Waals surface area (Å²) < 4.78 is 11.4. The van der Waals surface area contributed by atoms with Crippen molar-refractivity contribution in [1.82, 2.24) is 9.88 Å². The average molecular weight is 351 g/mol. The summed E-state index contributed by atoms with van der Waals surface area (Å²) in [5, 5.41) is 0.634. The van der Waals surface area contributed by atoms with Gasteiger partial charge in [-0.25, -0.2) is 9.78 Å². The Labute approximate surface area is 146 Å². The first-order valence-electron chi connectivity index (χ1n) is 8.28. The minimum Gasteiger partial charge on any atom is -0.444 e. The van der Waals surface area contributed by atoms with Gasteiger partial charge < -0.3 is 14.1 Å². The van der Waals surface area contributed by atoms with Crippen molar-refractivity contribution in [2.75, 3.05) is 6.54 Å². The van der Waals surface area contributed by atoms with E-state index in [1.165, 1.54) is 0 Å². The fraction of sp³-hybridized carbons (Fsp3) is 0.556. The first-order valence-corrected chi connectivity index (χ1v) is 8.66. The van der Waals surface area contributed by atoms with Crippen LogP contribution in [0.25, 0.3) is 11.1 Å². The molecule has 0 saturated carbocycles. The maximum Gasteiger partial charge on any atom is 0.410 e. The van der Waals surface area contributed by atoms with Crippen LogP contribution in [0.15, 0.2) is 22.6 Å². The number of oxazole rings is 1. The predicted molar refractivity (Wildman–Crippen MR) is 93.4 cm³/mol. The normalized spacial score (nSPS) is 22.0. The van der Waals surface area contributed by atoms with Crippen molar-refractivity contribution in [1.29, 1.82) is 0 Å². The number of rotatable bonds is 1. The van der Waals surface area contributed by atoms with Crippen LogP contribution in [0.2, 0.25) is 5.02 Å². The van der Waals surface area contributed by atoms with Gasteiger partial charge in [-0.05, 0) is 58.7 Å². The van der Waals surface area contributed by atoms with Gasteiger partial charge in [0.25, 0.3) is 0 Å². The molecule has 1 amide bonds. The van der Waals surface area contributed by atoms with Crippen LogP contribution in [0.3, 0.4) is 0 Å². The fourth-order valence-electron chi connectivity index (χ4n) is 2.98. The van der Waals surface area contributed by atoms with E-state index in [0.29, 0.717) is 17.5 Å². The first-order chi connectivity index (χ1) is 11.2. The Kier molecular flexibility index (Phi) is 4.47. The highest BCUT2D eigenvalue weighted by Gasteiger charge is 2.34. The van der Waals surface area contributed by atoms with E-state index in [4.69, 9.17) is 20.8 Å². The quantitative estimate of drug-likeness (QED) is 0.727. The average Bonchev–Trinajstić information content (AvgIpc) is 2.88. The SMILES string of the molecule is C[C@@H]1CC[C@@H](c2nc3cc(Cl)ccc3o2)CN1C(=O)OC(C)(C)C. The van der Waals surface area contributed by atoms with E-state index in [1.807, 2.05) is 33.8 Å². The number of likely N-dealkylation sites (tertiary alicyclic amines) is 1. The molecule has 1 aromatic heterocycles. The smallest absolute Gasteiger partial charge is 0.410 e. The number of ether oxygens (including phenoxy) is 1. The van der Waals surface area contributed by atoms with Crippen molar-refractivity contribution >= 4 is 28.8 Å². The van der Waals surface area contributed by atoms with Gasteiger partial charge in [-0.3, -0.25) is 0 Å². The summed E-state index contributed by atoms with van der Waals surface area (Å²) in [6.07, 6.45) is 1.54. The molecule has 1 saturated heterocycles. The van der Waals surface area contributed by atoms with Crippen LogP contribution in [0, 0.1) is 0 Å². The maximum absolute atomic E-state index is 12.5. The summed E-state index contributed by atoms with van der Waals surface area (Å²) >= 11 is 6.01. The third-order valence-electron chi connectivity index (χ3n) is 4.23. The molecular formula is C18H23ClN2O3. The summed E-state index contributed by atoms with van der Waals surface area (Å²) in [7, 11) is 0. The number of piperidine rings is 1. The van der Waals surface area contributed by atoms with Crippen molar-refractivity contribution in [3.8, 4) is 0 Å². The molecule has 0 N–H and O–H groups in total. The molecule has 0 spiro atoms. The number of hydrogen-bond donors (Lipinski definition) is 0. The van der Waals surface area contributed by atoms with Crippen molar-refractivity contribution in [2.45, 2.75) is 58.1 Å². The largest absolute Gasteiger partial charge is 0.444 e. The summed E-state index contributed by atoms with van der Waals surface area (Å²) in [5.74, 6) is 0.729. The van der Waals surface area contributed by atoms with Crippen LogP contribution in [-0.2, 0) is 4.74 Å². The monoisotopic (exact) mass is 350 g/mol. The number of halogens is 1. The molecule has 0 bridgehead atoms. The summed E-state index contributed by atoms with van der Waals surface area (Å²) in [6.45, 7) is 8.23. The zero-order chi connectivity index (χ0) is 17.5. The van der Waals surface area contributed by atoms with Crippen LogP contribution < -0.4 is 0 Å². The highest BCUT2D eigenvalue weighted by atomic mass is 35.5. The van der Waals surface area contributed by atoms with Gasteiger partial charge in [-0.1, -0.05) is 11.6 Å². The van der Waals surface area contributed by atoms with Gasteiger partial charge >= 0.3 is 6.09 Å². The Morgan fingerprint density at radius 3 is 2.83 bits per heavy atom. The van der Waals surface area contributed by atoms with Crippen LogP contribution >= 0.6 is 11.6 Å². The number of benzene rings is 1. The molecule has 2 aromatic rings. The molecule has 2 atom stereocenters. The number of carbonyl (C=O) groups is 1. The van der Waals surface area contributed by atoms with Gasteiger partial charge in [-0.2, -0.15) is 0 Å². The van der Waals surface area contributed by atoms with Gasteiger partial charge in [0.15, 0.2) is 11.5 Å². The summed E-state index contributed by atoms with van der Waals surface area (Å²) in [4.78, 5) is 18.8. The van der Waals surface area contributed by atoms with Crippen LogP contribution in [-0.4, -0.2) is 34.2 Å². The predicted octanol–water partition coefficient (Wildman–Crippen LogP) is 4.98. The second-order valence-corrected chi connectivity index (χ2v) is 7.86. The minimum atomic E-state index is -0.502. The Bertz CT molecular complexity index is 750. The molecule has 1 aliphatic heterocycles. The van der Waals surface area contributed by atoms with Crippen LogP contribution in [0.5, 0.6) is 0 Å². The first kappa shape index (κ1) is 17.1. The van der Waals surface area contributed by atoms with Crippen LogP contribution in [0.4, 0.5) is 4.79 Å². The molecule has 2 heterocycles. The Morgan fingerprint density at radius 2 is 2.12 bits per heavy atom. The Balaban J connectivity index is 1.80. The molecule has 5 nitrogen and oxygen atoms in total. The van der Waals surface area contributed by atoms with Gasteiger partial charge in [0, 0.05) is 17.6 Å². The van der Waals surface area contributed by atoms with Gasteiger partial charge in [0.1, 0.15) is 11.1 Å². The maximum atomic E-state index is 12.5. The molecule has 1 fully saturated rings. The molecule has 0 aliphatic carbocycles. The van der Waals surface area contributed by atoms with E-state index in [0.717, 1.165) is 23.9 Å². The van der Waals surface area contributed by atoms with Gasteiger partial charge in [-0.15, -0.1) is 0 Å². The molecule has 3 rings (SSSR count). The zero-order valence-corrected chi connectivity index (χ0v) is 15.3. The van der Waals surface area contributed by atoms with E-state index < -0.39 is 5.60 Å². The van der Waals surface area contributed by atoms with Crippen molar-refractivity contribution in [3.63, 3.8) is 0 Å². The number of nitrogens with zero attached hydrogens (tertiary/aromatic N) is 2. The lowest BCUT2D eigenvalue weighted by Gasteiger charge is -2.37. The summed E-state index contributed by atoms with van der Waals surface area (Å²) in [5.41, 5.74) is 0.967. The Morgan fingerprint density at radius 1 is 1.38 bits per heavy atom. The fourth-order valence-corrected chi connectivity index (χ4v) is 3.14. The van der Waals surface area contributed by atoms with Crippen molar-refractivity contribution in [3.05, 3.63) is 29.1 Å². The third kappa shape index (κ3) is 3.66. The number of fused-ring (bicyclic) bond motifs is 1. The zero-order valence-electron chi connectivity index (χ0n) is 14.5. The molecule has 130 valence electrons. The lowest BCUT2D eigenvalue weighted by Crippen LogP contribution is -2.47. The highest BCUT2D eigenvalue weighted by molar-refractivity contribution is 6.31. The topological polar surface area (TPSA) is 55.6 Å². The lowest BCUT2D eigenvalue weighted by molar-refractivity contribution is 0.00876. The minimum absolute atomic E-state index is 0.0693. The molecule has 1 aliphatic rings. The summed E-state index contributed by atoms with van der Waals surface area (Å²) in [6, 6.07) is 5.55. The van der Waals surface area contributed by atoms with Crippen LogP contribution in [0.1, 0.15) is 52.3 Å². The molecule has 6 heteroatoms. The van der Waals surface area contributed by atoms with E-state index in [2.05, 4.69) is 4.98 Å². The standard InChI is InChI=1S/C18H23ClN2O3/c1-11-5-6-12(10-21(11)17(22)24-18(2,3)4)16-20-14-9-13(19)7-8-15(14)23-16/h7-9,11-12H,5-6,10H2,1-4H3/t11-,12-/m1/s1. The number of hydrogen-bond acceptors (Lipinski definition) is 4. The molecular weight excluding hydrogens is 328 g/mol. The number of aromatic nitrogens is 1. The molecule has 0 radical (unpaired) electrons. The van der Waals surface area contributed by atoms with E-state index in [-0.39, 0.29) is 18.1 Å². The van der Waals surface area contributed by atoms with Crippen molar-refractivity contribution < 1.29 is 13.9 Å². The highest BCUT2D eigenvalue weighted by Crippen LogP contribution is 2.32. The molecule has 1 aromatic carbocycles. The van der Waals surface area contributed by atoms with Gasteiger partial charge in [0.2, 0.25) is 0 Å².